The molecule has 0 spiro atoms. The van der Waals surface area contributed by atoms with E-state index in [1.807, 2.05) is 61.5 Å². The molecule has 31 heavy (non-hydrogen) atoms. The molecule has 0 aliphatic rings. The van der Waals surface area contributed by atoms with Gasteiger partial charge in [-0.05, 0) is 48.9 Å². The number of nitrogens with one attached hydrogen (secondary N) is 1. The van der Waals surface area contributed by atoms with Crippen LogP contribution in [-0.4, -0.2) is 25.7 Å². The molecule has 5 aromatic rings. The Hall–Kier alpha value is -4.26. The van der Waals surface area contributed by atoms with Gasteiger partial charge in [-0.15, -0.1) is 0 Å². The van der Waals surface area contributed by atoms with Crippen molar-refractivity contribution in [2.45, 2.75) is 13.0 Å². The number of rotatable bonds is 5. The summed E-state index contributed by atoms with van der Waals surface area (Å²) in [6, 6.07) is 20.7. The number of hydrogen-bond donors (Lipinski definition) is 1. The third-order valence-corrected chi connectivity index (χ3v) is 5.16. The van der Waals surface area contributed by atoms with Crippen molar-refractivity contribution in [2.24, 2.45) is 0 Å². The van der Waals surface area contributed by atoms with Gasteiger partial charge in [-0.1, -0.05) is 30.3 Å². The van der Waals surface area contributed by atoms with Crippen LogP contribution in [0.15, 0.2) is 90.1 Å². The minimum Gasteiger partial charge on any atom is -0.463 e. The van der Waals surface area contributed by atoms with Crippen molar-refractivity contribution in [1.29, 1.82) is 0 Å². The summed E-state index contributed by atoms with van der Waals surface area (Å²) in [5.41, 5.74) is 3.82. The summed E-state index contributed by atoms with van der Waals surface area (Å²) in [5.74, 6) is 0.454. The highest BCUT2D eigenvalue weighted by atomic mass is 16.3. The Bertz CT molecular complexity index is 1330. The van der Waals surface area contributed by atoms with Crippen LogP contribution in [0.4, 0.5) is 0 Å². The molecule has 0 bridgehead atoms. The van der Waals surface area contributed by atoms with E-state index in [2.05, 4.69) is 20.4 Å². The van der Waals surface area contributed by atoms with Gasteiger partial charge in [-0.2, -0.15) is 5.10 Å². The highest BCUT2D eigenvalue weighted by molar-refractivity contribution is 6.07. The fourth-order valence-electron chi connectivity index (χ4n) is 3.53. The van der Waals surface area contributed by atoms with Crippen LogP contribution in [0.25, 0.3) is 28.0 Å². The number of furan rings is 1. The zero-order chi connectivity index (χ0) is 21.2. The number of hydrogen-bond acceptors (Lipinski definition) is 5. The molecule has 1 unspecified atom stereocenters. The van der Waals surface area contributed by atoms with Gasteiger partial charge in [-0.25, -0.2) is 14.6 Å². The number of aromatic nitrogens is 4. The normalized spacial score (nSPS) is 12.0. The molecular formula is C24H19N5O2. The van der Waals surface area contributed by atoms with Gasteiger partial charge in [0.15, 0.2) is 5.76 Å². The number of pyridine rings is 1. The number of carbonyl (C=O) groups excluding carboxylic acids is 1. The number of benzene rings is 2. The molecule has 0 saturated heterocycles. The highest BCUT2D eigenvalue weighted by Crippen LogP contribution is 2.26. The fourth-order valence-corrected chi connectivity index (χ4v) is 3.53. The predicted molar refractivity (Wildman–Crippen MR) is 117 cm³/mol. The first-order valence-corrected chi connectivity index (χ1v) is 9.88. The third-order valence-electron chi connectivity index (χ3n) is 5.16. The molecule has 7 heteroatoms. The van der Waals surface area contributed by atoms with Crippen LogP contribution in [0.1, 0.15) is 28.9 Å². The predicted octanol–water partition coefficient (Wildman–Crippen LogP) is 4.57. The molecule has 1 atom stereocenters. The van der Waals surface area contributed by atoms with Crippen molar-refractivity contribution in [3.8, 4) is 17.1 Å². The Balaban J connectivity index is 1.43. The van der Waals surface area contributed by atoms with E-state index >= 15 is 0 Å². The summed E-state index contributed by atoms with van der Waals surface area (Å²) >= 11 is 0. The van der Waals surface area contributed by atoms with E-state index in [4.69, 9.17) is 4.42 Å². The van der Waals surface area contributed by atoms with Crippen LogP contribution in [0.2, 0.25) is 0 Å². The molecule has 7 nitrogen and oxygen atoms in total. The standard InChI is InChI=1S/C24H19N5O2/c1-16(17-8-10-18(11-9-17)29-15-25-14-26-29)27-24(30)20-13-22(23-7-4-12-31-23)28-21-6-3-2-5-19(20)21/h2-16H,1H3,(H,27,30). The van der Waals surface area contributed by atoms with Crippen molar-refractivity contribution in [3.05, 3.63) is 96.8 Å². The fraction of sp³-hybridized carbons (Fsp3) is 0.0833. The number of nitrogens with zero attached hydrogens (tertiary/aromatic N) is 4. The molecule has 3 aromatic heterocycles. The Morgan fingerprint density at radius 2 is 1.90 bits per heavy atom. The van der Waals surface area contributed by atoms with Crippen LogP contribution in [0, 0.1) is 0 Å². The van der Waals surface area contributed by atoms with E-state index in [1.165, 1.54) is 6.33 Å². The zero-order valence-corrected chi connectivity index (χ0v) is 16.8. The molecule has 0 aliphatic carbocycles. The lowest BCUT2D eigenvalue weighted by molar-refractivity contribution is 0.0941. The Kier molecular flexibility index (Phi) is 4.76. The molecule has 1 amide bonds. The third kappa shape index (κ3) is 3.69. The van der Waals surface area contributed by atoms with Crippen molar-refractivity contribution in [3.63, 3.8) is 0 Å². The average Bonchev–Trinajstić information content (AvgIpc) is 3.53. The van der Waals surface area contributed by atoms with E-state index in [9.17, 15) is 4.79 Å². The first-order chi connectivity index (χ1) is 15.2. The van der Waals surface area contributed by atoms with E-state index in [0.717, 1.165) is 22.2 Å². The average molecular weight is 409 g/mol. The second kappa shape index (κ2) is 7.87. The molecule has 152 valence electrons. The Morgan fingerprint density at radius 3 is 2.65 bits per heavy atom. The lowest BCUT2D eigenvalue weighted by Crippen LogP contribution is -2.27. The molecule has 0 fully saturated rings. The number of amides is 1. The monoisotopic (exact) mass is 409 g/mol. The first kappa shape index (κ1) is 18.7. The summed E-state index contributed by atoms with van der Waals surface area (Å²) in [4.78, 5) is 21.8. The molecule has 0 saturated carbocycles. The van der Waals surface area contributed by atoms with Crippen molar-refractivity contribution in [2.75, 3.05) is 0 Å². The lowest BCUT2D eigenvalue weighted by atomic mass is 10.0. The second-order valence-corrected chi connectivity index (χ2v) is 7.18. The van der Waals surface area contributed by atoms with Gasteiger partial charge in [0.1, 0.15) is 18.3 Å². The van der Waals surface area contributed by atoms with Gasteiger partial charge in [0.2, 0.25) is 0 Å². The van der Waals surface area contributed by atoms with E-state index < -0.39 is 0 Å². The summed E-state index contributed by atoms with van der Waals surface area (Å²) in [6.45, 7) is 1.96. The van der Waals surface area contributed by atoms with Gasteiger partial charge in [-0.3, -0.25) is 4.79 Å². The van der Waals surface area contributed by atoms with Crippen LogP contribution < -0.4 is 5.32 Å². The van der Waals surface area contributed by atoms with Gasteiger partial charge in [0.25, 0.3) is 5.91 Å². The van der Waals surface area contributed by atoms with Crippen LogP contribution >= 0.6 is 0 Å². The molecule has 2 aromatic carbocycles. The van der Waals surface area contributed by atoms with Gasteiger partial charge < -0.3 is 9.73 Å². The molecule has 0 radical (unpaired) electrons. The quantitative estimate of drug-likeness (QED) is 0.460. The maximum Gasteiger partial charge on any atom is 0.252 e. The number of para-hydroxylation sites is 1. The minimum absolute atomic E-state index is 0.167. The number of fused-ring (bicyclic) bond motifs is 1. The van der Waals surface area contributed by atoms with Crippen LogP contribution in [-0.2, 0) is 0 Å². The number of carbonyl (C=O) groups is 1. The summed E-state index contributed by atoms with van der Waals surface area (Å²) in [7, 11) is 0. The maximum atomic E-state index is 13.2. The van der Waals surface area contributed by atoms with Gasteiger partial charge in [0.05, 0.1) is 29.1 Å². The van der Waals surface area contributed by atoms with Gasteiger partial charge in [0, 0.05) is 5.39 Å². The largest absolute Gasteiger partial charge is 0.463 e. The van der Waals surface area contributed by atoms with Crippen molar-refractivity contribution < 1.29 is 9.21 Å². The van der Waals surface area contributed by atoms with E-state index in [-0.39, 0.29) is 11.9 Å². The summed E-state index contributed by atoms with van der Waals surface area (Å²) in [5, 5.41) is 8.02. The second-order valence-electron chi connectivity index (χ2n) is 7.18. The smallest absolute Gasteiger partial charge is 0.252 e. The summed E-state index contributed by atoms with van der Waals surface area (Å²) < 4.78 is 7.18. The Morgan fingerprint density at radius 1 is 1.06 bits per heavy atom. The highest BCUT2D eigenvalue weighted by Gasteiger charge is 2.17. The maximum absolute atomic E-state index is 13.2. The molecule has 0 aliphatic heterocycles. The topological polar surface area (TPSA) is 85.8 Å². The van der Waals surface area contributed by atoms with Crippen LogP contribution in [0.5, 0.6) is 0 Å². The molecule has 5 rings (SSSR count). The minimum atomic E-state index is -0.184. The van der Waals surface area contributed by atoms with Gasteiger partial charge >= 0.3 is 0 Å². The SMILES string of the molecule is CC(NC(=O)c1cc(-c2ccco2)nc2ccccc12)c1ccc(-n2cncn2)cc1. The first-order valence-electron chi connectivity index (χ1n) is 9.88. The van der Waals surface area contributed by atoms with Crippen molar-refractivity contribution >= 4 is 16.8 Å². The van der Waals surface area contributed by atoms with E-state index in [1.54, 1.807) is 29.4 Å². The molecular weight excluding hydrogens is 390 g/mol. The lowest BCUT2D eigenvalue weighted by Gasteiger charge is -2.16. The van der Waals surface area contributed by atoms with E-state index in [0.29, 0.717) is 17.0 Å². The Labute approximate surface area is 178 Å². The molecule has 3 heterocycles. The summed E-state index contributed by atoms with van der Waals surface area (Å²) in [6.07, 6.45) is 4.73. The molecule has 1 N–H and O–H groups in total. The van der Waals surface area contributed by atoms with Crippen LogP contribution in [0.3, 0.4) is 0 Å². The van der Waals surface area contributed by atoms with Crippen molar-refractivity contribution in [1.82, 2.24) is 25.1 Å². The zero-order valence-electron chi connectivity index (χ0n) is 16.8.